The first-order chi connectivity index (χ1) is 11.8. The number of ether oxygens (including phenoxy) is 1. The van der Waals surface area contributed by atoms with Crippen LogP contribution in [0.15, 0.2) is 60.2 Å². The molecule has 2 aromatic rings. The highest BCUT2D eigenvalue weighted by molar-refractivity contribution is 5.58. The molecule has 1 aliphatic heterocycles. The van der Waals surface area contributed by atoms with Crippen molar-refractivity contribution in [3.8, 4) is 6.07 Å². The summed E-state index contributed by atoms with van der Waals surface area (Å²) in [5, 5.41) is 9.63. The van der Waals surface area contributed by atoms with Gasteiger partial charge in [-0.15, -0.1) is 0 Å². The van der Waals surface area contributed by atoms with Gasteiger partial charge in [0.2, 0.25) is 0 Å². The Morgan fingerprint density at radius 2 is 1.83 bits per heavy atom. The summed E-state index contributed by atoms with van der Waals surface area (Å²) < 4.78 is 5.96. The van der Waals surface area contributed by atoms with E-state index >= 15 is 0 Å². The molecule has 3 aliphatic rings. The number of benzene rings is 2. The standard InChI is InChI=1S/C22H19NO/c1-14-6-8-15(9-7-14)21-18-5-3-2-4-17(18)19-10-16(11-23)22(19)13-24-12-20(21)22/h2-10,19-21H,12-13H2,1H3/t19-,20+,21-,22-/m0/s1. The minimum Gasteiger partial charge on any atom is -0.380 e. The second-order valence-corrected chi connectivity index (χ2v) is 7.35. The minimum absolute atomic E-state index is 0.112. The van der Waals surface area contributed by atoms with Crippen LogP contribution in [-0.4, -0.2) is 13.2 Å². The zero-order chi connectivity index (χ0) is 16.3. The van der Waals surface area contributed by atoms with Gasteiger partial charge >= 0.3 is 0 Å². The third kappa shape index (κ3) is 1.58. The molecule has 0 saturated carbocycles. The number of nitrogens with zero attached hydrogens (tertiary/aromatic N) is 1. The Balaban J connectivity index is 1.75. The van der Waals surface area contributed by atoms with Gasteiger partial charge in [0, 0.05) is 28.7 Å². The monoisotopic (exact) mass is 313 g/mol. The molecule has 24 heavy (non-hydrogen) atoms. The van der Waals surface area contributed by atoms with E-state index in [1.165, 1.54) is 22.3 Å². The van der Waals surface area contributed by atoms with Crippen LogP contribution in [0.5, 0.6) is 0 Å². The lowest BCUT2D eigenvalue weighted by Gasteiger charge is -2.53. The van der Waals surface area contributed by atoms with Crippen LogP contribution >= 0.6 is 0 Å². The number of hydrogen-bond donors (Lipinski definition) is 0. The predicted molar refractivity (Wildman–Crippen MR) is 92.6 cm³/mol. The van der Waals surface area contributed by atoms with E-state index in [1.54, 1.807) is 0 Å². The van der Waals surface area contributed by atoms with Crippen molar-refractivity contribution in [2.24, 2.45) is 11.3 Å². The Kier molecular flexibility index (Phi) is 2.81. The molecule has 0 bridgehead atoms. The summed E-state index contributed by atoms with van der Waals surface area (Å²) in [7, 11) is 0. The Hall–Kier alpha value is -2.37. The van der Waals surface area contributed by atoms with Crippen LogP contribution in [0.2, 0.25) is 0 Å². The molecule has 2 nitrogen and oxygen atoms in total. The summed E-state index contributed by atoms with van der Waals surface area (Å²) in [6, 6.07) is 20.1. The van der Waals surface area contributed by atoms with Crippen LogP contribution in [0.3, 0.4) is 0 Å². The minimum atomic E-state index is -0.112. The summed E-state index contributed by atoms with van der Waals surface area (Å²) in [5.74, 6) is 0.981. The molecule has 4 atom stereocenters. The highest BCUT2D eigenvalue weighted by Crippen LogP contribution is 2.67. The smallest absolute Gasteiger partial charge is 0.0951 e. The molecule has 0 unspecified atom stereocenters. The van der Waals surface area contributed by atoms with Crippen molar-refractivity contribution >= 4 is 0 Å². The third-order valence-electron chi connectivity index (χ3n) is 6.32. The molecule has 0 aromatic heterocycles. The van der Waals surface area contributed by atoms with Crippen molar-refractivity contribution in [1.82, 2.24) is 0 Å². The van der Waals surface area contributed by atoms with Gasteiger partial charge in [0.05, 0.1) is 19.3 Å². The molecule has 5 rings (SSSR count). The third-order valence-corrected chi connectivity index (χ3v) is 6.32. The van der Waals surface area contributed by atoms with E-state index in [-0.39, 0.29) is 5.41 Å². The SMILES string of the molecule is Cc1ccc([C@H]2c3ccccc3[C@@H]3C=C(C#N)[C@@]34COC[C@H]24)cc1. The van der Waals surface area contributed by atoms with Gasteiger partial charge in [-0.2, -0.15) is 5.26 Å². The predicted octanol–water partition coefficient (Wildman–Crippen LogP) is 4.32. The van der Waals surface area contributed by atoms with E-state index in [9.17, 15) is 5.26 Å². The molecular formula is C22H19NO. The topological polar surface area (TPSA) is 33.0 Å². The van der Waals surface area contributed by atoms with Crippen LogP contribution in [0.4, 0.5) is 0 Å². The van der Waals surface area contributed by atoms with E-state index in [4.69, 9.17) is 4.74 Å². The molecule has 1 fully saturated rings. The van der Waals surface area contributed by atoms with Gasteiger partial charge < -0.3 is 4.74 Å². The molecule has 1 saturated heterocycles. The van der Waals surface area contributed by atoms with Crippen LogP contribution in [0.25, 0.3) is 0 Å². The summed E-state index contributed by atoms with van der Waals surface area (Å²) in [5.41, 5.74) is 6.22. The maximum atomic E-state index is 9.63. The van der Waals surface area contributed by atoms with Gasteiger partial charge in [0.25, 0.3) is 0 Å². The highest BCUT2D eigenvalue weighted by atomic mass is 16.5. The quantitative estimate of drug-likeness (QED) is 0.785. The molecule has 118 valence electrons. The zero-order valence-electron chi connectivity index (χ0n) is 13.7. The number of hydrogen-bond acceptors (Lipinski definition) is 2. The largest absolute Gasteiger partial charge is 0.380 e. The molecule has 2 aromatic carbocycles. The van der Waals surface area contributed by atoms with Crippen molar-refractivity contribution < 1.29 is 4.74 Å². The van der Waals surface area contributed by atoms with Gasteiger partial charge in [0.1, 0.15) is 0 Å². The fourth-order valence-electron chi connectivity index (χ4n) is 5.13. The van der Waals surface area contributed by atoms with E-state index < -0.39 is 0 Å². The molecule has 0 N–H and O–H groups in total. The van der Waals surface area contributed by atoms with E-state index in [0.717, 1.165) is 12.2 Å². The lowest BCUT2D eigenvalue weighted by molar-refractivity contribution is 0.146. The molecule has 1 spiro atoms. The first kappa shape index (κ1) is 14.0. The lowest BCUT2D eigenvalue weighted by Crippen LogP contribution is -2.49. The van der Waals surface area contributed by atoms with E-state index in [0.29, 0.717) is 24.4 Å². The maximum Gasteiger partial charge on any atom is 0.0951 e. The highest BCUT2D eigenvalue weighted by Gasteiger charge is 2.62. The van der Waals surface area contributed by atoms with Crippen molar-refractivity contribution in [3.63, 3.8) is 0 Å². The van der Waals surface area contributed by atoms with Gasteiger partial charge in [-0.25, -0.2) is 0 Å². The zero-order valence-corrected chi connectivity index (χ0v) is 13.7. The lowest BCUT2D eigenvalue weighted by atomic mass is 9.47. The molecule has 0 radical (unpaired) electrons. The fraction of sp³-hybridized carbons (Fsp3) is 0.318. The second-order valence-electron chi connectivity index (χ2n) is 7.35. The molecule has 2 heteroatoms. The second kappa shape index (κ2) is 4.82. The van der Waals surface area contributed by atoms with Crippen molar-refractivity contribution in [3.05, 3.63) is 82.4 Å². The molecule has 2 aliphatic carbocycles. The van der Waals surface area contributed by atoms with Crippen LogP contribution in [0.1, 0.15) is 34.1 Å². The molecule has 1 heterocycles. The Labute approximate surface area is 142 Å². The van der Waals surface area contributed by atoms with E-state index in [1.807, 2.05) is 0 Å². The molecular weight excluding hydrogens is 294 g/mol. The van der Waals surface area contributed by atoms with Crippen LogP contribution in [-0.2, 0) is 4.74 Å². The van der Waals surface area contributed by atoms with Crippen LogP contribution in [0, 0.1) is 29.6 Å². The first-order valence-corrected chi connectivity index (χ1v) is 8.61. The number of aryl methyl sites for hydroxylation is 1. The van der Waals surface area contributed by atoms with Gasteiger partial charge in [0.15, 0.2) is 0 Å². The number of allylic oxidation sites excluding steroid dienone is 1. The number of fused-ring (bicyclic) bond motifs is 2. The average Bonchev–Trinajstić information content (AvgIpc) is 3.05. The maximum absolute atomic E-state index is 9.63. The normalized spacial score (nSPS) is 32.7. The van der Waals surface area contributed by atoms with Crippen molar-refractivity contribution in [1.29, 1.82) is 5.26 Å². The summed E-state index contributed by atoms with van der Waals surface area (Å²) in [6.07, 6.45) is 2.16. The Morgan fingerprint density at radius 1 is 1.08 bits per heavy atom. The van der Waals surface area contributed by atoms with Gasteiger partial charge in [-0.3, -0.25) is 0 Å². The number of rotatable bonds is 1. The first-order valence-electron chi connectivity index (χ1n) is 8.61. The Bertz CT molecular complexity index is 889. The van der Waals surface area contributed by atoms with Gasteiger partial charge in [-0.1, -0.05) is 60.2 Å². The van der Waals surface area contributed by atoms with Crippen molar-refractivity contribution in [2.45, 2.75) is 18.8 Å². The van der Waals surface area contributed by atoms with Gasteiger partial charge in [-0.05, 0) is 23.6 Å². The average molecular weight is 313 g/mol. The summed E-state index contributed by atoms with van der Waals surface area (Å²) in [6.45, 7) is 3.54. The summed E-state index contributed by atoms with van der Waals surface area (Å²) >= 11 is 0. The van der Waals surface area contributed by atoms with E-state index in [2.05, 4.69) is 67.6 Å². The van der Waals surface area contributed by atoms with Crippen LogP contribution < -0.4 is 0 Å². The fourth-order valence-corrected chi connectivity index (χ4v) is 5.13. The Morgan fingerprint density at radius 3 is 2.58 bits per heavy atom. The van der Waals surface area contributed by atoms with Crippen molar-refractivity contribution in [2.75, 3.05) is 13.2 Å². The number of nitriles is 1. The molecule has 0 amide bonds. The summed E-state index contributed by atoms with van der Waals surface area (Å²) in [4.78, 5) is 0.